The molecule has 0 fully saturated rings. The van der Waals surface area contributed by atoms with Gasteiger partial charge >= 0.3 is 0 Å². The van der Waals surface area contributed by atoms with Crippen LogP contribution in [0.4, 0.5) is 4.39 Å². The van der Waals surface area contributed by atoms with Gasteiger partial charge in [0.15, 0.2) is 0 Å². The molecule has 1 rings (SSSR count). The van der Waals surface area contributed by atoms with Crippen LogP contribution in [0.15, 0.2) is 18.2 Å². The molecule has 0 N–H and O–H groups in total. The lowest BCUT2D eigenvalue weighted by atomic mass is 9.97. The van der Waals surface area contributed by atoms with E-state index in [1.807, 2.05) is 19.9 Å². The van der Waals surface area contributed by atoms with Crippen LogP contribution in [0.25, 0.3) is 0 Å². The first-order chi connectivity index (χ1) is 6.17. The van der Waals surface area contributed by atoms with Crippen molar-refractivity contribution < 1.29 is 4.39 Å². The molecular formula is C12H16F. The van der Waals surface area contributed by atoms with Gasteiger partial charge in [-0.1, -0.05) is 37.6 Å². The molecule has 0 heterocycles. The maximum Gasteiger partial charge on any atom is 0.0997 e. The predicted molar refractivity (Wildman–Crippen MR) is 54.6 cm³/mol. The van der Waals surface area contributed by atoms with E-state index in [9.17, 15) is 4.39 Å². The van der Waals surface area contributed by atoms with E-state index in [0.717, 1.165) is 17.9 Å². The van der Waals surface area contributed by atoms with Crippen LogP contribution in [-0.2, 0) is 6.42 Å². The Kier molecular flexibility index (Phi) is 3.47. The van der Waals surface area contributed by atoms with Crippen molar-refractivity contribution in [1.29, 1.82) is 0 Å². The molecule has 13 heavy (non-hydrogen) atoms. The van der Waals surface area contributed by atoms with Gasteiger partial charge in [0.05, 0.1) is 6.67 Å². The monoisotopic (exact) mass is 179 g/mol. The minimum Gasteiger partial charge on any atom is -0.250 e. The lowest BCUT2D eigenvalue weighted by Crippen LogP contribution is -1.98. The molecule has 0 bridgehead atoms. The van der Waals surface area contributed by atoms with E-state index >= 15 is 0 Å². The van der Waals surface area contributed by atoms with Crippen molar-refractivity contribution in [3.05, 3.63) is 40.8 Å². The van der Waals surface area contributed by atoms with Gasteiger partial charge in [-0.25, -0.2) is 0 Å². The summed E-state index contributed by atoms with van der Waals surface area (Å²) >= 11 is 0. The summed E-state index contributed by atoms with van der Waals surface area (Å²) in [6.45, 7) is 5.65. The minimum atomic E-state index is -0.355. The number of benzene rings is 1. The predicted octanol–water partition coefficient (Wildman–Crippen LogP) is 3.47. The molecule has 1 aromatic carbocycles. The Balaban J connectivity index is 3.01. The molecule has 0 aliphatic heterocycles. The molecule has 0 saturated carbocycles. The van der Waals surface area contributed by atoms with Crippen LogP contribution in [0, 0.1) is 12.8 Å². The summed E-state index contributed by atoms with van der Waals surface area (Å²) in [6.07, 6.45) is 1.01. The molecule has 1 aromatic rings. The maximum atomic E-state index is 12.4. The van der Waals surface area contributed by atoms with Gasteiger partial charge in [0.2, 0.25) is 0 Å². The molecule has 1 radical (unpaired) electrons. The zero-order valence-electron chi connectivity index (χ0n) is 8.52. The third-order valence-electron chi connectivity index (χ3n) is 2.24. The second kappa shape index (κ2) is 4.40. The van der Waals surface area contributed by atoms with Crippen molar-refractivity contribution in [3.8, 4) is 0 Å². The smallest absolute Gasteiger partial charge is 0.0997 e. The van der Waals surface area contributed by atoms with Crippen molar-refractivity contribution in [1.82, 2.24) is 0 Å². The van der Waals surface area contributed by atoms with Crippen LogP contribution >= 0.6 is 0 Å². The second-order valence-electron chi connectivity index (χ2n) is 3.47. The minimum absolute atomic E-state index is 0.355. The van der Waals surface area contributed by atoms with Gasteiger partial charge < -0.3 is 0 Å². The average Bonchev–Trinajstić information content (AvgIpc) is 2.15. The average molecular weight is 179 g/mol. The van der Waals surface area contributed by atoms with E-state index in [4.69, 9.17) is 0 Å². The molecule has 0 nitrogen and oxygen atoms in total. The Labute approximate surface area is 79.8 Å². The van der Waals surface area contributed by atoms with E-state index in [0.29, 0.717) is 0 Å². The molecule has 71 valence electrons. The topological polar surface area (TPSA) is 0 Å². The van der Waals surface area contributed by atoms with Crippen LogP contribution in [-0.4, -0.2) is 6.67 Å². The van der Waals surface area contributed by atoms with Gasteiger partial charge in [0.25, 0.3) is 0 Å². The summed E-state index contributed by atoms with van der Waals surface area (Å²) in [6, 6.07) is 6.25. The molecule has 0 spiro atoms. The molecule has 0 unspecified atom stereocenters. The van der Waals surface area contributed by atoms with Crippen molar-refractivity contribution in [3.63, 3.8) is 0 Å². The number of rotatable bonds is 3. The lowest BCUT2D eigenvalue weighted by Gasteiger charge is -2.09. The highest BCUT2D eigenvalue weighted by Crippen LogP contribution is 2.18. The van der Waals surface area contributed by atoms with Gasteiger partial charge in [-0.3, -0.25) is 4.39 Å². The highest BCUT2D eigenvalue weighted by molar-refractivity contribution is 5.37. The largest absolute Gasteiger partial charge is 0.250 e. The zero-order chi connectivity index (χ0) is 9.84. The van der Waals surface area contributed by atoms with Gasteiger partial charge in [0, 0.05) is 5.92 Å². The van der Waals surface area contributed by atoms with Crippen LogP contribution in [0.3, 0.4) is 0 Å². The van der Waals surface area contributed by atoms with Crippen LogP contribution in [0.2, 0.25) is 0 Å². The highest BCUT2D eigenvalue weighted by atomic mass is 19.1. The Morgan fingerprint density at radius 2 is 2.00 bits per heavy atom. The van der Waals surface area contributed by atoms with E-state index in [1.165, 1.54) is 11.1 Å². The van der Waals surface area contributed by atoms with E-state index in [1.54, 1.807) is 0 Å². The van der Waals surface area contributed by atoms with Crippen molar-refractivity contribution in [2.24, 2.45) is 0 Å². The van der Waals surface area contributed by atoms with E-state index in [2.05, 4.69) is 19.1 Å². The summed E-state index contributed by atoms with van der Waals surface area (Å²) in [4.78, 5) is 0. The van der Waals surface area contributed by atoms with Gasteiger partial charge in [-0.2, -0.15) is 0 Å². The number of hydrogen-bond acceptors (Lipinski definition) is 0. The normalized spacial score (nSPS) is 10.8. The summed E-state index contributed by atoms with van der Waals surface area (Å²) in [5.74, 6) is 0.818. The molecule has 0 saturated heterocycles. The molecule has 0 aromatic heterocycles. The maximum absolute atomic E-state index is 12.4. The third-order valence-corrected chi connectivity index (χ3v) is 2.24. The first-order valence-corrected chi connectivity index (χ1v) is 4.66. The number of alkyl halides is 1. The van der Waals surface area contributed by atoms with Crippen LogP contribution in [0.5, 0.6) is 0 Å². The van der Waals surface area contributed by atoms with Crippen molar-refractivity contribution in [2.45, 2.75) is 27.2 Å². The van der Waals surface area contributed by atoms with Crippen LogP contribution in [0.1, 0.15) is 30.5 Å². The summed E-state index contributed by atoms with van der Waals surface area (Å²) in [7, 11) is 0. The quantitative estimate of drug-likeness (QED) is 0.666. The molecule has 0 aliphatic rings. The second-order valence-corrected chi connectivity index (χ2v) is 3.47. The Hall–Kier alpha value is -0.850. The Bertz CT molecular complexity index is 278. The van der Waals surface area contributed by atoms with Crippen molar-refractivity contribution >= 4 is 0 Å². The molecule has 0 amide bonds. The summed E-state index contributed by atoms with van der Waals surface area (Å²) in [5.41, 5.74) is 3.53. The molecular weight excluding hydrogens is 163 g/mol. The number of aryl methyl sites for hydroxylation is 2. The fraction of sp³-hybridized carbons (Fsp3) is 0.417. The van der Waals surface area contributed by atoms with E-state index < -0.39 is 0 Å². The first kappa shape index (κ1) is 10.2. The SMILES string of the molecule is CCc1cc(C)cc([C](C)CF)c1. The van der Waals surface area contributed by atoms with E-state index in [-0.39, 0.29) is 6.67 Å². The first-order valence-electron chi connectivity index (χ1n) is 4.66. The summed E-state index contributed by atoms with van der Waals surface area (Å²) in [5, 5.41) is 0. The fourth-order valence-corrected chi connectivity index (χ4v) is 1.39. The molecule has 1 heteroatoms. The number of hydrogen-bond donors (Lipinski definition) is 0. The highest BCUT2D eigenvalue weighted by Gasteiger charge is 2.06. The van der Waals surface area contributed by atoms with Crippen molar-refractivity contribution in [2.75, 3.05) is 6.67 Å². The fourth-order valence-electron chi connectivity index (χ4n) is 1.39. The third kappa shape index (κ3) is 2.55. The van der Waals surface area contributed by atoms with Gasteiger partial charge in [0.1, 0.15) is 0 Å². The standard InChI is InChI=1S/C12H16F/c1-4-11-5-9(2)6-12(7-11)10(3)8-13/h5-7H,4,8H2,1-3H3. The zero-order valence-corrected chi connectivity index (χ0v) is 8.52. The van der Waals surface area contributed by atoms with Gasteiger partial charge in [-0.05, 0) is 24.5 Å². The number of halogens is 1. The lowest BCUT2D eigenvalue weighted by molar-refractivity contribution is 0.516. The Morgan fingerprint density at radius 1 is 1.31 bits per heavy atom. The molecule has 0 atom stereocenters. The Morgan fingerprint density at radius 3 is 2.54 bits per heavy atom. The van der Waals surface area contributed by atoms with Gasteiger partial charge in [-0.15, -0.1) is 0 Å². The molecule has 0 aliphatic carbocycles. The summed E-state index contributed by atoms with van der Waals surface area (Å²) < 4.78 is 12.4. The van der Waals surface area contributed by atoms with Crippen LogP contribution < -0.4 is 0 Å².